The Morgan fingerprint density at radius 1 is 1.05 bits per heavy atom. The second kappa shape index (κ2) is 6.08. The fourth-order valence-corrected chi connectivity index (χ4v) is 4.07. The molecule has 3 heteroatoms. The summed E-state index contributed by atoms with van der Waals surface area (Å²) in [7, 11) is 0. The lowest BCUT2D eigenvalue weighted by Crippen LogP contribution is -2.21. The van der Waals surface area contributed by atoms with E-state index in [9.17, 15) is 0 Å². The fourth-order valence-electron chi connectivity index (χ4n) is 2.55. The Morgan fingerprint density at radius 2 is 1.85 bits per heavy atom. The molecule has 0 aliphatic carbocycles. The van der Waals surface area contributed by atoms with Crippen molar-refractivity contribution in [3.05, 3.63) is 68.8 Å². The van der Waals surface area contributed by atoms with Gasteiger partial charge in [0, 0.05) is 4.88 Å². The number of hydrogen-bond acceptors (Lipinski definition) is 2. The molecule has 1 unspecified atom stereocenters. The molecule has 1 heterocycles. The molecule has 0 bridgehead atoms. The zero-order chi connectivity index (χ0) is 13.9. The maximum atomic E-state index is 3.61. The van der Waals surface area contributed by atoms with Gasteiger partial charge in [0.25, 0.3) is 0 Å². The summed E-state index contributed by atoms with van der Waals surface area (Å²) in [4.78, 5) is 1.34. The van der Waals surface area contributed by atoms with Crippen molar-refractivity contribution in [1.29, 1.82) is 0 Å². The van der Waals surface area contributed by atoms with Crippen LogP contribution in [0, 0.1) is 0 Å². The molecule has 0 aliphatic rings. The van der Waals surface area contributed by atoms with E-state index in [1.807, 2.05) is 0 Å². The third-order valence-corrected chi connectivity index (χ3v) is 5.11. The van der Waals surface area contributed by atoms with Crippen molar-refractivity contribution < 1.29 is 0 Å². The molecule has 1 N–H and O–H groups in total. The van der Waals surface area contributed by atoms with Gasteiger partial charge in [-0.1, -0.05) is 49.4 Å². The molecule has 0 saturated heterocycles. The quantitative estimate of drug-likeness (QED) is 0.670. The lowest BCUT2D eigenvalue weighted by atomic mass is 9.98. The Morgan fingerprint density at radius 3 is 2.60 bits per heavy atom. The lowest BCUT2D eigenvalue weighted by Gasteiger charge is -2.19. The van der Waals surface area contributed by atoms with E-state index >= 15 is 0 Å². The fraction of sp³-hybridized carbons (Fsp3) is 0.176. The van der Waals surface area contributed by atoms with Gasteiger partial charge < -0.3 is 5.32 Å². The molecule has 20 heavy (non-hydrogen) atoms. The summed E-state index contributed by atoms with van der Waals surface area (Å²) in [5.74, 6) is 0. The van der Waals surface area contributed by atoms with Gasteiger partial charge in [-0.15, -0.1) is 11.3 Å². The first-order chi connectivity index (χ1) is 9.79. The van der Waals surface area contributed by atoms with Crippen LogP contribution in [-0.4, -0.2) is 6.54 Å². The molecule has 0 fully saturated rings. The molecule has 0 radical (unpaired) electrons. The monoisotopic (exact) mass is 345 g/mol. The number of benzene rings is 2. The molecule has 0 saturated carbocycles. The van der Waals surface area contributed by atoms with Gasteiger partial charge >= 0.3 is 0 Å². The highest BCUT2D eigenvalue weighted by Gasteiger charge is 2.17. The minimum Gasteiger partial charge on any atom is -0.306 e. The van der Waals surface area contributed by atoms with Gasteiger partial charge in [0.15, 0.2) is 0 Å². The number of rotatable bonds is 4. The largest absolute Gasteiger partial charge is 0.306 e. The normalized spacial score (nSPS) is 12.7. The highest BCUT2D eigenvalue weighted by Crippen LogP contribution is 2.34. The van der Waals surface area contributed by atoms with Crippen molar-refractivity contribution in [2.24, 2.45) is 0 Å². The molecule has 0 aliphatic heterocycles. The minimum absolute atomic E-state index is 0.252. The van der Waals surface area contributed by atoms with E-state index in [-0.39, 0.29) is 6.04 Å². The van der Waals surface area contributed by atoms with Crippen molar-refractivity contribution in [1.82, 2.24) is 5.32 Å². The third kappa shape index (κ3) is 2.66. The standard InChI is InChI=1S/C17H16BrNS/c1-2-19-17(15-10-11-16(18)20-15)14-9-5-7-12-6-3-4-8-13(12)14/h3-11,17,19H,2H2,1H3. The summed E-state index contributed by atoms with van der Waals surface area (Å²) in [5.41, 5.74) is 1.35. The average molecular weight is 346 g/mol. The topological polar surface area (TPSA) is 12.0 Å². The van der Waals surface area contributed by atoms with Crippen molar-refractivity contribution >= 4 is 38.0 Å². The van der Waals surface area contributed by atoms with Gasteiger partial charge in [0.1, 0.15) is 0 Å². The maximum absolute atomic E-state index is 3.61. The summed E-state index contributed by atoms with van der Waals surface area (Å²) in [6.07, 6.45) is 0. The molecule has 1 atom stereocenters. The predicted molar refractivity (Wildman–Crippen MR) is 91.5 cm³/mol. The van der Waals surface area contributed by atoms with Crippen molar-refractivity contribution in [2.45, 2.75) is 13.0 Å². The summed E-state index contributed by atoms with van der Waals surface area (Å²) in [5, 5.41) is 6.23. The second-order valence-corrected chi connectivity index (χ2v) is 7.20. The van der Waals surface area contributed by atoms with Crippen molar-refractivity contribution in [3.8, 4) is 0 Å². The molecule has 3 aromatic rings. The summed E-state index contributed by atoms with van der Waals surface area (Å²) in [6, 6.07) is 19.7. The highest BCUT2D eigenvalue weighted by molar-refractivity contribution is 9.11. The molecule has 2 aromatic carbocycles. The van der Waals surface area contributed by atoms with Crippen LogP contribution in [0.3, 0.4) is 0 Å². The van der Waals surface area contributed by atoms with Crippen LogP contribution in [0.5, 0.6) is 0 Å². The van der Waals surface area contributed by atoms with Gasteiger partial charge in [0.05, 0.1) is 9.83 Å². The maximum Gasteiger partial charge on any atom is 0.0702 e. The molecule has 3 rings (SSSR count). The first kappa shape index (κ1) is 13.8. The van der Waals surface area contributed by atoms with E-state index in [1.165, 1.54) is 25.0 Å². The van der Waals surface area contributed by atoms with Crippen LogP contribution in [0.1, 0.15) is 23.4 Å². The molecular weight excluding hydrogens is 330 g/mol. The third-order valence-electron chi connectivity index (χ3n) is 3.42. The molecule has 102 valence electrons. The van der Waals surface area contributed by atoms with Gasteiger partial charge in [-0.25, -0.2) is 0 Å². The van der Waals surface area contributed by atoms with Crippen LogP contribution in [0.2, 0.25) is 0 Å². The number of fused-ring (bicyclic) bond motifs is 1. The van der Waals surface area contributed by atoms with Gasteiger partial charge in [-0.2, -0.15) is 0 Å². The minimum atomic E-state index is 0.252. The van der Waals surface area contributed by atoms with Gasteiger partial charge in [-0.05, 0) is 50.9 Å². The molecule has 1 aromatic heterocycles. The van der Waals surface area contributed by atoms with E-state index in [2.05, 4.69) is 82.8 Å². The lowest BCUT2D eigenvalue weighted by molar-refractivity contribution is 0.643. The number of nitrogens with one attached hydrogen (secondary N) is 1. The number of hydrogen-bond donors (Lipinski definition) is 1. The Bertz CT molecular complexity index is 714. The molecular formula is C17H16BrNS. The Hall–Kier alpha value is -1.16. The van der Waals surface area contributed by atoms with Crippen molar-refractivity contribution in [3.63, 3.8) is 0 Å². The first-order valence-corrected chi connectivity index (χ1v) is 8.37. The second-order valence-electron chi connectivity index (χ2n) is 4.70. The Kier molecular flexibility index (Phi) is 4.20. The van der Waals surface area contributed by atoms with Crippen LogP contribution < -0.4 is 5.32 Å². The van der Waals surface area contributed by atoms with Crippen LogP contribution in [-0.2, 0) is 0 Å². The van der Waals surface area contributed by atoms with Crippen LogP contribution in [0.4, 0.5) is 0 Å². The summed E-state index contributed by atoms with van der Waals surface area (Å²) >= 11 is 5.36. The van der Waals surface area contributed by atoms with Gasteiger partial charge in [-0.3, -0.25) is 0 Å². The number of thiophene rings is 1. The van der Waals surface area contributed by atoms with Crippen molar-refractivity contribution in [2.75, 3.05) is 6.54 Å². The van der Waals surface area contributed by atoms with Crippen LogP contribution in [0.15, 0.2) is 58.4 Å². The Labute approximate surface area is 131 Å². The Balaban J connectivity index is 2.14. The smallest absolute Gasteiger partial charge is 0.0702 e. The van der Waals surface area contributed by atoms with Crippen LogP contribution >= 0.6 is 27.3 Å². The first-order valence-electron chi connectivity index (χ1n) is 6.76. The number of halogens is 1. The molecule has 0 amide bonds. The van der Waals surface area contributed by atoms with E-state index in [4.69, 9.17) is 0 Å². The zero-order valence-corrected chi connectivity index (χ0v) is 13.7. The van der Waals surface area contributed by atoms with Gasteiger partial charge in [0.2, 0.25) is 0 Å². The average Bonchev–Trinajstić information content (AvgIpc) is 2.91. The van der Waals surface area contributed by atoms with E-state index in [0.29, 0.717) is 0 Å². The predicted octanol–water partition coefficient (Wildman–Crippen LogP) is 5.36. The van der Waals surface area contributed by atoms with E-state index < -0.39 is 0 Å². The zero-order valence-electron chi connectivity index (χ0n) is 11.3. The highest BCUT2D eigenvalue weighted by atomic mass is 79.9. The summed E-state index contributed by atoms with van der Waals surface area (Å²) < 4.78 is 1.18. The molecule has 1 nitrogen and oxygen atoms in total. The van der Waals surface area contributed by atoms with Crippen LogP contribution in [0.25, 0.3) is 10.8 Å². The molecule has 0 spiro atoms. The SMILES string of the molecule is CCNC(c1ccc(Br)s1)c1cccc2ccccc12. The van der Waals surface area contributed by atoms with E-state index in [1.54, 1.807) is 11.3 Å². The van der Waals surface area contributed by atoms with E-state index in [0.717, 1.165) is 6.54 Å². The summed E-state index contributed by atoms with van der Waals surface area (Å²) in [6.45, 7) is 3.10.